The van der Waals surface area contributed by atoms with Gasteiger partial charge in [0.05, 0.1) is 11.1 Å². The Balaban J connectivity index is 2.02. The van der Waals surface area contributed by atoms with Crippen LogP contribution >= 0.6 is 11.6 Å². The molecule has 1 aliphatic rings. The van der Waals surface area contributed by atoms with Crippen molar-refractivity contribution in [3.8, 4) is 11.5 Å². The summed E-state index contributed by atoms with van der Waals surface area (Å²) in [5.41, 5.74) is 6.72. The van der Waals surface area contributed by atoms with E-state index >= 15 is 0 Å². The molecule has 1 aromatic heterocycles. The maximum atomic E-state index is 6.06. The number of aromatic amines is 1. The fourth-order valence-electron chi connectivity index (χ4n) is 1.62. The van der Waals surface area contributed by atoms with E-state index in [0.29, 0.717) is 22.3 Å². The normalized spacial score (nSPS) is 14.9. The largest absolute Gasteiger partial charge is 0.454 e. The van der Waals surface area contributed by atoms with Gasteiger partial charge in [0.2, 0.25) is 6.79 Å². The average molecular weight is 254 g/mol. The maximum Gasteiger partial charge on any atom is 0.231 e. The number of rotatable bonds is 2. The summed E-state index contributed by atoms with van der Waals surface area (Å²) < 4.78 is 10.5. The molecule has 3 N–H and O–H groups in total. The minimum absolute atomic E-state index is 0.163. The van der Waals surface area contributed by atoms with E-state index in [2.05, 4.69) is 20.6 Å². The monoisotopic (exact) mass is 253 g/mol. The van der Waals surface area contributed by atoms with Gasteiger partial charge in [0.25, 0.3) is 0 Å². The number of ether oxygens (including phenoxy) is 2. The molecule has 0 spiro atoms. The highest BCUT2D eigenvalue weighted by atomic mass is 35.5. The van der Waals surface area contributed by atoms with Crippen LogP contribution in [-0.4, -0.2) is 27.4 Å². The van der Waals surface area contributed by atoms with Crippen molar-refractivity contribution < 1.29 is 9.47 Å². The third-order valence-electron chi connectivity index (χ3n) is 2.45. The third kappa shape index (κ3) is 1.69. The summed E-state index contributed by atoms with van der Waals surface area (Å²) in [6.07, 6.45) is 0. The van der Waals surface area contributed by atoms with E-state index in [1.54, 1.807) is 12.1 Å². The van der Waals surface area contributed by atoms with Crippen LogP contribution in [0.1, 0.15) is 17.4 Å². The first kappa shape index (κ1) is 10.3. The molecule has 3 rings (SSSR count). The minimum Gasteiger partial charge on any atom is -0.454 e. The molecule has 7 nitrogen and oxygen atoms in total. The number of hydrogen-bond donors (Lipinski definition) is 2. The van der Waals surface area contributed by atoms with Crippen LogP contribution in [0.4, 0.5) is 0 Å². The van der Waals surface area contributed by atoms with E-state index in [0.717, 1.165) is 5.56 Å². The SMILES string of the molecule is NC(c1cc(Cl)c2c(c1)OCO2)c1nn[nH]n1. The number of benzene rings is 1. The van der Waals surface area contributed by atoms with Gasteiger partial charge in [0, 0.05) is 0 Å². The summed E-state index contributed by atoms with van der Waals surface area (Å²) in [5, 5.41) is 13.9. The summed E-state index contributed by atoms with van der Waals surface area (Å²) in [4.78, 5) is 0. The van der Waals surface area contributed by atoms with Crippen LogP contribution in [0.3, 0.4) is 0 Å². The Kier molecular flexibility index (Phi) is 2.34. The molecule has 0 saturated carbocycles. The molecule has 0 radical (unpaired) electrons. The summed E-state index contributed by atoms with van der Waals surface area (Å²) in [5.74, 6) is 1.50. The Bertz CT molecular complexity index is 545. The molecule has 88 valence electrons. The van der Waals surface area contributed by atoms with E-state index in [9.17, 15) is 0 Å². The molecule has 1 aromatic carbocycles. The molecule has 2 aromatic rings. The maximum absolute atomic E-state index is 6.06. The molecule has 1 aliphatic heterocycles. The van der Waals surface area contributed by atoms with Crippen molar-refractivity contribution in [3.05, 3.63) is 28.5 Å². The van der Waals surface area contributed by atoms with Crippen molar-refractivity contribution in [2.24, 2.45) is 5.73 Å². The lowest BCUT2D eigenvalue weighted by atomic mass is 10.1. The van der Waals surface area contributed by atoms with Crippen LogP contribution in [0, 0.1) is 0 Å². The number of aromatic nitrogens is 4. The predicted molar refractivity (Wildman–Crippen MR) is 57.8 cm³/mol. The zero-order valence-corrected chi connectivity index (χ0v) is 9.31. The number of nitrogens with zero attached hydrogens (tertiary/aromatic N) is 3. The molecule has 0 bridgehead atoms. The number of tetrazole rings is 1. The van der Waals surface area contributed by atoms with Crippen molar-refractivity contribution >= 4 is 11.6 Å². The summed E-state index contributed by atoms with van der Waals surface area (Å²) in [6, 6.07) is 2.95. The zero-order chi connectivity index (χ0) is 11.8. The van der Waals surface area contributed by atoms with Gasteiger partial charge >= 0.3 is 0 Å². The van der Waals surface area contributed by atoms with Crippen molar-refractivity contribution in [3.63, 3.8) is 0 Å². The van der Waals surface area contributed by atoms with Crippen LogP contribution in [0.2, 0.25) is 5.02 Å². The first-order valence-electron chi connectivity index (χ1n) is 4.83. The quantitative estimate of drug-likeness (QED) is 0.814. The van der Waals surface area contributed by atoms with Crippen LogP contribution in [0.5, 0.6) is 11.5 Å². The predicted octanol–water partition coefficient (Wildman–Crippen LogP) is 0.630. The van der Waals surface area contributed by atoms with Crippen molar-refractivity contribution in [1.29, 1.82) is 0 Å². The molecular formula is C9H8ClN5O2. The van der Waals surface area contributed by atoms with Gasteiger partial charge in [-0.3, -0.25) is 0 Å². The Morgan fingerprint density at radius 2 is 2.29 bits per heavy atom. The fraction of sp³-hybridized carbons (Fsp3) is 0.222. The number of nitrogens with one attached hydrogen (secondary N) is 1. The number of fused-ring (bicyclic) bond motifs is 1. The fourth-order valence-corrected chi connectivity index (χ4v) is 1.89. The highest BCUT2D eigenvalue weighted by Crippen LogP contribution is 2.41. The lowest BCUT2D eigenvalue weighted by Crippen LogP contribution is -2.13. The van der Waals surface area contributed by atoms with E-state index < -0.39 is 6.04 Å². The molecule has 0 saturated heterocycles. The molecule has 0 amide bonds. The first-order chi connectivity index (χ1) is 8.25. The molecule has 17 heavy (non-hydrogen) atoms. The zero-order valence-electron chi connectivity index (χ0n) is 8.55. The third-order valence-corrected chi connectivity index (χ3v) is 2.73. The topological polar surface area (TPSA) is 98.9 Å². The lowest BCUT2D eigenvalue weighted by Gasteiger charge is -2.09. The Morgan fingerprint density at radius 1 is 1.41 bits per heavy atom. The van der Waals surface area contributed by atoms with Gasteiger partial charge in [0.1, 0.15) is 0 Å². The van der Waals surface area contributed by atoms with E-state index in [-0.39, 0.29) is 6.79 Å². The van der Waals surface area contributed by atoms with E-state index in [1.165, 1.54) is 0 Å². The molecule has 0 fully saturated rings. The van der Waals surface area contributed by atoms with Gasteiger partial charge in [-0.05, 0) is 17.7 Å². The summed E-state index contributed by atoms with van der Waals surface area (Å²) >= 11 is 6.06. The molecule has 0 aliphatic carbocycles. The molecular weight excluding hydrogens is 246 g/mol. The second-order valence-corrected chi connectivity index (χ2v) is 3.89. The molecule has 1 unspecified atom stereocenters. The van der Waals surface area contributed by atoms with Crippen molar-refractivity contribution in [2.45, 2.75) is 6.04 Å². The van der Waals surface area contributed by atoms with Crippen LogP contribution < -0.4 is 15.2 Å². The average Bonchev–Trinajstić information content (AvgIpc) is 2.98. The van der Waals surface area contributed by atoms with Gasteiger partial charge in [-0.1, -0.05) is 16.8 Å². The summed E-state index contributed by atoms with van der Waals surface area (Å²) in [6.45, 7) is 0.163. The summed E-state index contributed by atoms with van der Waals surface area (Å²) in [7, 11) is 0. The standard InChI is InChI=1S/C9H8ClN5O2/c10-5-1-4(2-6-8(5)17-3-16-6)7(11)9-12-14-15-13-9/h1-2,7H,3,11H2,(H,12,13,14,15). The number of nitrogens with two attached hydrogens (primary N) is 1. The highest BCUT2D eigenvalue weighted by molar-refractivity contribution is 6.32. The molecule has 2 heterocycles. The molecule has 8 heteroatoms. The van der Waals surface area contributed by atoms with Crippen LogP contribution in [0.15, 0.2) is 12.1 Å². The molecule has 1 atom stereocenters. The lowest BCUT2D eigenvalue weighted by molar-refractivity contribution is 0.174. The van der Waals surface area contributed by atoms with Gasteiger partial charge in [-0.2, -0.15) is 5.21 Å². The Morgan fingerprint density at radius 3 is 3.06 bits per heavy atom. The van der Waals surface area contributed by atoms with Crippen LogP contribution in [-0.2, 0) is 0 Å². The highest BCUT2D eigenvalue weighted by Gasteiger charge is 2.22. The van der Waals surface area contributed by atoms with Gasteiger partial charge in [0.15, 0.2) is 17.3 Å². The van der Waals surface area contributed by atoms with Gasteiger partial charge in [-0.25, -0.2) is 0 Å². The number of halogens is 1. The van der Waals surface area contributed by atoms with Crippen molar-refractivity contribution in [2.75, 3.05) is 6.79 Å². The minimum atomic E-state index is -0.513. The van der Waals surface area contributed by atoms with Crippen LogP contribution in [0.25, 0.3) is 0 Å². The second kappa shape index (κ2) is 3.86. The van der Waals surface area contributed by atoms with E-state index in [4.69, 9.17) is 26.8 Å². The Labute approximate surface area is 101 Å². The van der Waals surface area contributed by atoms with Crippen molar-refractivity contribution in [1.82, 2.24) is 20.6 Å². The van der Waals surface area contributed by atoms with Gasteiger partial charge in [-0.15, -0.1) is 10.2 Å². The van der Waals surface area contributed by atoms with E-state index in [1.807, 2.05) is 0 Å². The van der Waals surface area contributed by atoms with Gasteiger partial charge < -0.3 is 15.2 Å². The smallest absolute Gasteiger partial charge is 0.231 e. The Hall–Kier alpha value is -1.86. The number of H-pyrrole nitrogens is 1. The number of hydrogen-bond acceptors (Lipinski definition) is 6. The first-order valence-corrected chi connectivity index (χ1v) is 5.21. The second-order valence-electron chi connectivity index (χ2n) is 3.48.